The number of benzene rings is 1. The minimum absolute atomic E-state index is 0.0583. The molecule has 0 unspecified atom stereocenters. The summed E-state index contributed by atoms with van der Waals surface area (Å²) >= 11 is 5.29. The van der Waals surface area contributed by atoms with Gasteiger partial charge >= 0.3 is 0 Å². The summed E-state index contributed by atoms with van der Waals surface area (Å²) in [5, 5.41) is 6.57. The molecule has 126 valence electrons. The van der Waals surface area contributed by atoms with Crippen LogP contribution in [0.5, 0.6) is 0 Å². The van der Waals surface area contributed by atoms with Crippen molar-refractivity contribution in [3.05, 3.63) is 35.9 Å². The van der Waals surface area contributed by atoms with Crippen LogP contribution in [0.1, 0.15) is 52.0 Å². The van der Waals surface area contributed by atoms with Gasteiger partial charge in [-0.1, -0.05) is 51.1 Å². The van der Waals surface area contributed by atoms with E-state index in [1.165, 1.54) is 12.8 Å². The van der Waals surface area contributed by atoms with Crippen LogP contribution < -0.4 is 10.6 Å². The summed E-state index contributed by atoms with van der Waals surface area (Å²) in [6.45, 7) is 6.96. The molecule has 1 aromatic carbocycles. The van der Waals surface area contributed by atoms with Gasteiger partial charge in [-0.25, -0.2) is 0 Å². The van der Waals surface area contributed by atoms with Gasteiger partial charge in [0.1, 0.15) is 0 Å². The molecule has 0 bridgehead atoms. The van der Waals surface area contributed by atoms with Crippen molar-refractivity contribution in [1.82, 2.24) is 10.6 Å². The van der Waals surface area contributed by atoms with Crippen molar-refractivity contribution in [3.8, 4) is 0 Å². The molecular formula is C19H28N2OS. The minimum atomic E-state index is -0.0583. The number of carbonyl (C=O) groups excluding carboxylic acids is 1. The number of amides is 1. The number of carbonyl (C=O) groups is 1. The summed E-state index contributed by atoms with van der Waals surface area (Å²) in [6.07, 6.45) is 5.05. The molecule has 0 saturated heterocycles. The molecule has 2 N–H and O–H groups in total. The van der Waals surface area contributed by atoms with Gasteiger partial charge in [-0.3, -0.25) is 4.79 Å². The Balaban J connectivity index is 1.72. The Hall–Kier alpha value is -1.42. The second kappa shape index (κ2) is 7.91. The lowest BCUT2D eigenvalue weighted by atomic mass is 9.71. The maximum absolute atomic E-state index is 12.0. The molecular weight excluding hydrogens is 304 g/mol. The fourth-order valence-electron chi connectivity index (χ4n) is 3.28. The predicted octanol–water partition coefficient (Wildman–Crippen LogP) is 3.82. The Kier molecular flexibility index (Phi) is 6.17. The average Bonchev–Trinajstić information content (AvgIpc) is 2.47. The van der Waals surface area contributed by atoms with Gasteiger partial charge in [0.05, 0.1) is 6.42 Å². The van der Waals surface area contributed by atoms with E-state index in [0.717, 1.165) is 24.3 Å². The molecule has 0 aromatic heterocycles. The van der Waals surface area contributed by atoms with E-state index >= 15 is 0 Å². The van der Waals surface area contributed by atoms with Crippen molar-refractivity contribution in [1.29, 1.82) is 0 Å². The molecule has 0 spiro atoms. The summed E-state index contributed by atoms with van der Waals surface area (Å²) in [5.41, 5.74) is 1.38. The highest BCUT2D eigenvalue weighted by molar-refractivity contribution is 7.80. The van der Waals surface area contributed by atoms with Crippen LogP contribution in [-0.2, 0) is 11.2 Å². The quantitative estimate of drug-likeness (QED) is 0.827. The zero-order chi connectivity index (χ0) is 16.9. The number of nitrogens with one attached hydrogen (secondary N) is 2. The molecule has 23 heavy (non-hydrogen) atoms. The highest BCUT2D eigenvalue weighted by Crippen LogP contribution is 2.37. The Labute approximate surface area is 145 Å². The maximum atomic E-state index is 12.0. The zero-order valence-electron chi connectivity index (χ0n) is 14.4. The molecule has 1 aliphatic carbocycles. The largest absolute Gasteiger partial charge is 0.360 e. The van der Waals surface area contributed by atoms with Gasteiger partial charge in [-0.15, -0.1) is 0 Å². The lowest BCUT2D eigenvalue weighted by Crippen LogP contribution is -2.46. The van der Waals surface area contributed by atoms with Crippen molar-refractivity contribution in [2.75, 3.05) is 0 Å². The Morgan fingerprint density at radius 1 is 1.13 bits per heavy atom. The summed E-state index contributed by atoms with van der Waals surface area (Å²) in [7, 11) is 0. The van der Waals surface area contributed by atoms with Crippen LogP contribution >= 0.6 is 12.2 Å². The van der Waals surface area contributed by atoms with E-state index in [2.05, 4.69) is 31.4 Å². The van der Waals surface area contributed by atoms with E-state index in [9.17, 15) is 4.79 Å². The number of hydrogen-bond acceptors (Lipinski definition) is 2. The second-order valence-corrected chi connectivity index (χ2v) is 8.01. The van der Waals surface area contributed by atoms with Crippen LogP contribution in [0.4, 0.5) is 0 Å². The number of hydrogen-bond donors (Lipinski definition) is 2. The fourth-order valence-corrected chi connectivity index (χ4v) is 3.56. The van der Waals surface area contributed by atoms with Crippen molar-refractivity contribution in [2.24, 2.45) is 11.3 Å². The Morgan fingerprint density at radius 2 is 1.74 bits per heavy atom. The van der Waals surface area contributed by atoms with Crippen molar-refractivity contribution in [3.63, 3.8) is 0 Å². The summed E-state index contributed by atoms with van der Waals surface area (Å²) in [5.74, 6) is 0.721. The molecule has 0 atom stereocenters. The van der Waals surface area contributed by atoms with Gasteiger partial charge in [0.25, 0.3) is 0 Å². The second-order valence-electron chi connectivity index (χ2n) is 7.60. The number of thiocarbonyl (C=S) groups is 1. The third-order valence-corrected chi connectivity index (χ3v) is 4.97. The first-order valence-corrected chi connectivity index (χ1v) is 8.89. The molecule has 1 saturated carbocycles. The molecule has 0 aliphatic heterocycles. The topological polar surface area (TPSA) is 41.1 Å². The SMILES string of the molecule is CC(C)(C)C1CCC(NC(=S)NC(=O)Cc2ccccc2)CC1. The first-order valence-electron chi connectivity index (χ1n) is 8.49. The normalized spacial score (nSPS) is 21.5. The smallest absolute Gasteiger partial charge is 0.230 e. The molecule has 3 nitrogen and oxygen atoms in total. The minimum Gasteiger partial charge on any atom is -0.360 e. The standard InChI is InChI=1S/C19H28N2OS/c1-19(2,3)15-9-11-16(12-10-15)20-18(23)21-17(22)13-14-7-5-4-6-8-14/h4-8,15-16H,9-13H2,1-3H3,(H2,20,21,22,23). The summed E-state index contributed by atoms with van der Waals surface area (Å²) in [4.78, 5) is 12.0. The summed E-state index contributed by atoms with van der Waals surface area (Å²) in [6, 6.07) is 10.1. The Bertz CT molecular complexity index is 528. The van der Waals surface area contributed by atoms with Gasteiger partial charge in [0, 0.05) is 6.04 Å². The fraction of sp³-hybridized carbons (Fsp3) is 0.579. The monoisotopic (exact) mass is 332 g/mol. The molecule has 1 fully saturated rings. The van der Waals surface area contributed by atoms with Crippen LogP contribution in [0.3, 0.4) is 0 Å². The van der Waals surface area contributed by atoms with Crippen LogP contribution in [0.15, 0.2) is 30.3 Å². The average molecular weight is 333 g/mol. The van der Waals surface area contributed by atoms with E-state index in [1.54, 1.807) is 0 Å². The first kappa shape index (κ1) is 17.9. The molecule has 1 aliphatic rings. The molecule has 0 heterocycles. The lowest BCUT2D eigenvalue weighted by Gasteiger charge is -2.37. The molecule has 1 aromatic rings. The molecule has 2 rings (SSSR count). The van der Waals surface area contributed by atoms with Gasteiger partial charge in [-0.05, 0) is 54.8 Å². The van der Waals surface area contributed by atoms with Crippen LogP contribution in [0.2, 0.25) is 0 Å². The van der Waals surface area contributed by atoms with Crippen LogP contribution in [0, 0.1) is 11.3 Å². The summed E-state index contributed by atoms with van der Waals surface area (Å²) < 4.78 is 0. The van der Waals surface area contributed by atoms with Crippen molar-refractivity contribution < 1.29 is 4.79 Å². The van der Waals surface area contributed by atoms with Crippen molar-refractivity contribution in [2.45, 2.75) is 58.9 Å². The first-order chi connectivity index (χ1) is 10.8. The van der Waals surface area contributed by atoms with E-state index in [4.69, 9.17) is 12.2 Å². The van der Waals surface area contributed by atoms with Crippen LogP contribution in [-0.4, -0.2) is 17.1 Å². The third-order valence-electron chi connectivity index (χ3n) is 4.75. The van der Waals surface area contributed by atoms with Gasteiger partial charge in [0.15, 0.2) is 5.11 Å². The van der Waals surface area contributed by atoms with Crippen molar-refractivity contribution >= 4 is 23.2 Å². The van der Waals surface area contributed by atoms with E-state index < -0.39 is 0 Å². The van der Waals surface area contributed by atoms with Gasteiger partial charge in [-0.2, -0.15) is 0 Å². The maximum Gasteiger partial charge on any atom is 0.230 e. The van der Waals surface area contributed by atoms with E-state index in [0.29, 0.717) is 23.0 Å². The highest BCUT2D eigenvalue weighted by atomic mass is 32.1. The third kappa shape index (κ3) is 5.94. The highest BCUT2D eigenvalue weighted by Gasteiger charge is 2.29. The lowest BCUT2D eigenvalue weighted by molar-refractivity contribution is -0.119. The zero-order valence-corrected chi connectivity index (χ0v) is 15.2. The predicted molar refractivity (Wildman–Crippen MR) is 99.2 cm³/mol. The van der Waals surface area contributed by atoms with Gasteiger partial charge in [0.2, 0.25) is 5.91 Å². The molecule has 1 amide bonds. The van der Waals surface area contributed by atoms with Gasteiger partial charge < -0.3 is 10.6 Å². The molecule has 4 heteroatoms. The number of rotatable bonds is 3. The molecule has 0 radical (unpaired) electrons. The van der Waals surface area contributed by atoms with E-state index in [-0.39, 0.29) is 5.91 Å². The van der Waals surface area contributed by atoms with Crippen LogP contribution in [0.25, 0.3) is 0 Å². The Morgan fingerprint density at radius 3 is 2.30 bits per heavy atom. The van der Waals surface area contributed by atoms with E-state index in [1.807, 2.05) is 30.3 Å².